The van der Waals surface area contributed by atoms with E-state index < -0.39 is 17.6 Å². The lowest BCUT2D eigenvalue weighted by Gasteiger charge is -2.15. The Hall–Kier alpha value is -1.95. The van der Waals surface area contributed by atoms with E-state index in [0.29, 0.717) is 5.69 Å². The van der Waals surface area contributed by atoms with Crippen molar-refractivity contribution in [2.45, 2.75) is 0 Å². The SMILES string of the molecule is CN(C(=O)C(=O)NN)c1ccc(F)cc1. The van der Waals surface area contributed by atoms with Crippen molar-refractivity contribution in [1.82, 2.24) is 5.43 Å². The topological polar surface area (TPSA) is 75.4 Å². The zero-order valence-corrected chi connectivity index (χ0v) is 8.03. The lowest BCUT2D eigenvalue weighted by atomic mass is 10.3. The van der Waals surface area contributed by atoms with Gasteiger partial charge in [0.1, 0.15) is 5.82 Å². The summed E-state index contributed by atoms with van der Waals surface area (Å²) in [6, 6.07) is 5.16. The van der Waals surface area contributed by atoms with Gasteiger partial charge in [0, 0.05) is 12.7 Å². The van der Waals surface area contributed by atoms with E-state index >= 15 is 0 Å². The number of halogens is 1. The number of likely N-dealkylation sites (N-methyl/N-ethyl adjacent to an activating group) is 1. The molecule has 5 nitrogen and oxygen atoms in total. The quantitative estimate of drug-likeness (QED) is 0.292. The molecular weight excluding hydrogens is 201 g/mol. The zero-order valence-electron chi connectivity index (χ0n) is 8.03. The predicted molar refractivity (Wildman–Crippen MR) is 52.1 cm³/mol. The molecule has 80 valence electrons. The number of carbonyl (C=O) groups excluding carboxylic acids is 2. The molecule has 0 radical (unpaired) electrons. The Labute approximate surface area is 85.6 Å². The van der Waals surface area contributed by atoms with Crippen LogP contribution in [-0.4, -0.2) is 18.9 Å². The van der Waals surface area contributed by atoms with Gasteiger partial charge in [0.2, 0.25) is 0 Å². The van der Waals surface area contributed by atoms with Crippen LogP contribution >= 0.6 is 0 Å². The summed E-state index contributed by atoms with van der Waals surface area (Å²) in [5.74, 6) is 2.65. The van der Waals surface area contributed by atoms with Crippen molar-refractivity contribution in [2.75, 3.05) is 11.9 Å². The van der Waals surface area contributed by atoms with Gasteiger partial charge in [0.05, 0.1) is 0 Å². The number of carbonyl (C=O) groups is 2. The van der Waals surface area contributed by atoms with Gasteiger partial charge < -0.3 is 4.90 Å². The minimum atomic E-state index is -0.929. The Kier molecular flexibility index (Phi) is 3.35. The Balaban J connectivity index is 2.85. The van der Waals surface area contributed by atoms with Crippen LogP contribution in [0, 0.1) is 5.82 Å². The number of amides is 2. The van der Waals surface area contributed by atoms with E-state index in [9.17, 15) is 14.0 Å². The first-order chi connectivity index (χ1) is 7.06. The largest absolute Gasteiger partial charge is 0.323 e. The second-order valence-electron chi connectivity index (χ2n) is 2.81. The predicted octanol–water partition coefficient (Wildman–Crippen LogP) is -0.222. The van der Waals surface area contributed by atoms with Crippen molar-refractivity contribution in [3.05, 3.63) is 30.1 Å². The lowest BCUT2D eigenvalue weighted by molar-refractivity contribution is -0.137. The molecule has 0 unspecified atom stereocenters. The van der Waals surface area contributed by atoms with E-state index in [-0.39, 0.29) is 0 Å². The minimum absolute atomic E-state index is 0.407. The number of anilines is 1. The number of hydrogen-bond acceptors (Lipinski definition) is 3. The summed E-state index contributed by atoms with van der Waals surface area (Å²) in [6.07, 6.45) is 0. The molecular formula is C9H10FN3O2. The van der Waals surface area contributed by atoms with Gasteiger partial charge in [-0.25, -0.2) is 10.2 Å². The smallest absolute Gasteiger partial charge is 0.307 e. The van der Waals surface area contributed by atoms with E-state index in [1.807, 2.05) is 0 Å². The molecule has 0 saturated carbocycles. The Morgan fingerprint density at radius 1 is 1.33 bits per heavy atom. The van der Waals surface area contributed by atoms with Gasteiger partial charge >= 0.3 is 11.8 Å². The number of hydrazine groups is 1. The van der Waals surface area contributed by atoms with E-state index in [0.717, 1.165) is 4.90 Å². The van der Waals surface area contributed by atoms with E-state index in [2.05, 4.69) is 0 Å². The molecule has 0 atom stereocenters. The third kappa shape index (κ3) is 2.50. The third-order valence-electron chi connectivity index (χ3n) is 1.84. The molecule has 0 heterocycles. The molecule has 0 aliphatic carbocycles. The van der Waals surface area contributed by atoms with E-state index in [1.165, 1.54) is 31.3 Å². The molecule has 0 aromatic heterocycles. The van der Waals surface area contributed by atoms with Crippen LogP contribution < -0.4 is 16.2 Å². The average Bonchev–Trinajstić information content (AvgIpc) is 2.27. The molecule has 0 aliphatic rings. The molecule has 2 amide bonds. The highest BCUT2D eigenvalue weighted by atomic mass is 19.1. The summed E-state index contributed by atoms with van der Waals surface area (Å²) in [6.45, 7) is 0. The summed E-state index contributed by atoms with van der Waals surface area (Å²) in [5, 5.41) is 0. The fraction of sp³-hybridized carbons (Fsp3) is 0.111. The number of benzene rings is 1. The summed E-state index contributed by atoms with van der Waals surface area (Å²) in [7, 11) is 1.39. The summed E-state index contributed by atoms with van der Waals surface area (Å²) >= 11 is 0. The normalized spacial score (nSPS) is 9.53. The maximum atomic E-state index is 12.6. The van der Waals surface area contributed by atoms with Gasteiger partial charge in [-0.05, 0) is 24.3 Å². The van der Waals surface area contributed by atoms with Crippen molar-refractivity contribution < 1.29 is 14.0 Å². The molecule has 0 aliphatic heterocycles. The molecule has 6 heteroatoms. The standard InChI is InChI=1S/C9H10FN3O2/c1-13(9(15)8(14)12-11)7-4-2-6(10)3-5-7/h2-5H,11H2,1H3,(H,12,14). The molecule has 1 aromatic carbocycles. The summed E-state index contributed by atoms with van der Waals surface area (Å²) in [4.78, 5) is 23.3. The summed E-state index contributed by atoms with van der Waals surface area (Å²) in [5.41, 5.74) is 2.13. The van der Waals surface area contributed by atoms with Gasteiger partial charge in [-0.15, -0.1) is 0 Å². The lowest BCUT2D eigenvalue weighted by Crippen LogP contribution is -2.44. The maximum absolute atomic E-state index is 12.6. The van der Waals surface area contributed by atoms with Gasteiger partial charge in [-0.2, -0.15) is 0 Å². The first-order valence-electron chi connectivity index (χ1n) is 4.10. The maximum Gasteiger partial charge on any atom is 0.323 e. The van der Waals surface area contributed by atoms with Gasteiger partial charge in [-0.3, -0.25) is 15.0 Å². The first kappa shape index (κ1) is 11.1. The van der Waals surface area contributed by atoms with Crippen LogP contribution in [-0.2, 0) is 9.59 Å². The Bertz CT molecular complexity index is 377. The van der Waals surface area contributed by atoms with Crippen molar-refractivity contribution in [3.63, 3.8) is 0 Å². The Morgan fingerprint density at radius 3 is 2.33 bits per heavy atom. The van der Waals surface area contributed by atoms with Crippen LogP contribution in [0.4, 0.5) is 10.1 Å². The van der Waals surface area contributed by atoms with Gasteiger partial charge in [0.25, 0.3) is 0 Å². The van der Waals surface area contributed by atoms with Crippen LogP contribution in [0.2, 0.25) is 0 Å². The average molecular weight is 211 g/mol. The van der Waals surface area contributed by atoms with E-state index in [4.69, 9.17) is 5.84 Å². The molecule has 0 fully saturated rings. The van der Waals surface area contributed by atoms with Crippen molar-refractivity contribution in [3.8, 4) is 0 Å². The fourth-order valence-electron chi connectivity index (χ4n) is 0.996. The second kappa shape index (κ2) is 4.52. The monoisotopic (exact) mass is 211 g/mol. The number of rotatable bonds is 1. The molecule has 1 rings (SSSR count). The highest BCUT2D eigenvalue weighted by molar-refractivity contribution is 6.40. The van der Waals surface area contributed by atoms with Crippen molar-refractivity contribution in [2.24, 2.45) is 5.84 Å². The van der Waals surface area contributed by atoms with Crippen molar-refractivity contribution in [1.29, 1.82) is 0 Å². The third-order valence-corrected chi connectivity index (χ3v) is 1.84. The summed E-state index contributed by atoms with van der Waals surface area (Å²) < 4.78 is 12.6. The number of nitrogens with zero attached hydrogens (tertiary/aromatic N) is 1. The molecule has 0 bridgehead atoms. The number of hydrogen-bond donors (Lipinski definition) is 2. The Morgan fingerprint density at radius 2 is 1.87 bits per heavy atom. The second-order valence-corrected chi connectivity index (χ2v) is 2.81. The van der Waals surface area contributed by atoms with Gasteiger partial charge in [0.15, 0.2) is 0 Å². The van der Waals surface area contributed by atoms with E-state index in [1.54, 1.807) is 5.43 Å². The molecule has 15 heavy (non-hydrogen) atoms. The fourth-order valence-corrected chi connectivity index (χ4v) is 0.996. The van der Waals surface area contributed by atoms with Crippen LogP contribution in [0.1, 0.15) is 0 Å². The highest BCUT2D eigenvalue weighted by Crippen LogP contribution is 2.12. The molecule has 3 N–H and O–H groups in total. The van der Waals surface area contributed by atoms with Crippen LogP contribution in [0.25, 0.3) is 0 Å². The highest BCUT2D eigenvalue weighted by Gasteiger charge is 2.18. The molecule has 1 aromatic rings. The zero-order chi connectivity index (χ0) is 11.4. The minimum Gasteiger partial charge on any atom is -0.307 e. The van der Waals surface area contributed by atoms with Crippen molar-refractivity contribution >= 4 is 17.5 Å². The van der Waals surface area contributed by atoms with Crippen LogP contribution in [0.15, 0.2) is 24.3 Å². The molecule has 0 spiro atoms. The first-order valence-corrected chi connectivity index (χ1v) is 4.10. The van der Waals surface area contributed by atoms with Crippen LogP contribution in [0.3, 0.4) is 0 Å². The van der Waals surface area contributed by atoms with Crippen LogP contribution in [0.5, 0.6) is 0 Å². The number of nitrogens with two attached hydrogens (primary N) is 1. The number of nitrogens with one attached hydrogen (secondary N) is 1. The van der Waals surface area contributed by atoms with Gasteiger partial charge in [-0.1, -0.05) is 0 Å². The molecule has 0 saturated heterocycles.